The molecule has 0 radical (unpaired) electrons. The molecule has 0 amide bonds. The van der Waals surface area contributed by atoms with Crippen LogP contribution < -0.4 is 5.73 Å². The van der Waals surface area contributed by atoms with Crippen molar-refractivity contribution >= 4 is 27.9 Å². The summed E-state index contributed by atoms with van der Waals surface area (Å²) in [7, 11) is 0. The summed E-state index contributed by atoms with van der Waals surface area (Å²) >= 11 is 1.59. The minimum Gasteiger partial charge on any atom is -0.381 e. The second kappa shape index (κ2) is 10.6. The van der Waals surface area contributed by atoms with Gasteiger partial charge in [0.25, 0.3) is 0 Å². The van der Waals surface area contributed by atoms with E-state index in [-0.39, 0.29) is 23.4 Å². The number of nitrogens with two attached hydrogens (primary N) is 1. The zero-order valence-corrected chi connectivity index (χ0v) is 19.4. The third-order valence-electron chi connectivity index (χ3n) is 6.52. The molecule has 1 fully saturated rings. The van der Waals surface area contributed by atoms with E-state index in [9.17, 15) is 9.18 Å². The maximum absolute atomic E-state index is 14.3. The number of carbonyl (C=O) groups excluding carboxylic acids is 1. The number of unbranched alkanes of at least 4 members (excludes halogenated alkanes) is 1. The third kappa shape index (κ3) is 5.08. The molecule has 2 aromatic carbocycles. The van der Waals surface area contributed by atoms with Crippen LogP contribution in [0.4, 0.5) is 4.39 Å². The van der Waals surface area contributed by atoms with Gasteiger partial charge in [-0.25, -0.2) is 9.37 Å². The third-order valence-corrected chi connectivity index (χ3v) is 7.52. The van der Waals surface area contributed by atoms with Gasteiger partial charge in [-0.05, 0) is 42.7 Å². The maximum atomic E-state index is 14.3. The van der Waals surface area contributed by atoms with Crippen molar-refractivity contribution in [2.24, 2.45) is 11.7 Å². The summed E-state index contributed by atoms with van der Waals surface area (Å²) in [6.07, 6.45) is 5.16. The van der Waals surface area contributed by atoms with E-state index in [1.54, 1.807) is 23.5 Å². The Hall–Kier alpha value is -2.15. The molecule has 3 aromatic rings. The first kappa shape index (κ1) is 23.0. The number of ether oxygens (including phenoxy) is 1. The first-order chi connectivity index (χ1) is 15.6. The fourth-order valence-corrected chi connectivity index (χ4v) is 5.52. The normalized spacial score (nSPS) is 16.8. The molecule has 32 heavy (non-hydrogen) atoms. The first-order valence-electron chi connectivity index (χ1n) is 11.6. The molecular formula is C26H31FN2O2S. The second-order valence-corrected chi connectivity index (χ2v) is 9.59. The van der Waals surface area contributed by atoms with Gasteiger partial charge in [0.15, 0.2) is 5.78 Å². The van der Waals surface area contributed by atoms with Crippen molar-refractivity contribution in [1.29, 1.82) is 0 Å². The van der Waals surface area contributed by atoms with Gasteiger partial charge >= 0.3 is 0 Å². The number of Topliss-reactive ketones (excluding diaryl/α,β-unsaturated/α-hetero) is 1. The lowest BCUT2D eigenvalue weighted by Crippen LogP contribution is -2.41. The van der Waals surface area contributed by atoms with Crippen molar-refractivity contribution in [3.63, 3.8) is 0 Å². The molecule has 0 unspecified atom stereocenters. The van der Waals surface area contributed by atoms with Crippen molar-refractivity contribution in [1.82, 2.24) is 4.98 Å². The number of hydrogen-bond donors (Lipinski definition) is 1. The Morgan fingerprint density at radius 1 is 1.22 bits per heavy atom. The summed E-state index contributed by atoms with van der Waals surface area (Å²) in [6, 6.07) is 10.4. The average molecular weight is 455 g/mol. The van der Waals surface area contributed by atoms with Crippen molar-refractivity contribution in [2.45, 2.75) is 57.4 Å². The summed E-state index contributed by atoms with van der Waals surface area (Å²) in [6.45, 7) is 3.53. The number of ketones is 1. The molecule has 4 nitrogen and oxygen atoms in total. The minimum atomic E-state index is -0.427. The van der Waals surface area contributed by atoms with Crippen LogP contribution in [0.2, 0.25) is 0 Å². The molecule has 2 N–H and O–H groups in total. The summed E-state index contributed by atoms with van der Waals surface area (Å²) in [5, 5.41) is 4.44. The van der Waals surface area contributed by atoms with Crippen LogP contribution in [-0.2, 0) is 9.53 Å². The van der Waals surface area contributed by atoms with Gasteiger partial charge in [0.05, 0.1) is 16.7 Å². The van der Waals surface area contributed by atoms with Crippen molar-refractivity contribution < 1.29 is 13.9 Å². The molecule has 6 heteroatoms. The van der Waals surface area contributed by atoms with Crippen LogP contribution in [0.3, 0.4) is 0 Å². The number of thiazole rings is 1. The fraction of sp³-hybridized carbons (Fsp3) is 0.462. The van der Waals surface area contributed by atoms with E-state index in [1.165, 1.54) is 6.07 Å². The van der Waals surface area contributed by atoms with Gasteiger partial charge in [-0.1, -0.05) is 44.0 Å². The van der Waals surface area contributed by atoms with E-state index in [0.717, 1.165) is 53.8 Å². The van der Waals surface area contributed by atoms with E-state index in [2.05, 4.69) is 6.92 Å². The highest BCUT2D eigenvalue weighted by molar-refractivity contribution is 7.10. The molecular weight excluding hydrogens is 423 g/mol. The highest BCUT2D eigenvalue weighted by atomic mass is 32.1. The topological polar surface area (TPSA) is 65.2 Å². The molecule has 2 atom stereocenters. The Balaban J connectivity index is 1.56. The zero-order chi connectivity index (χ0) is 22.5. The van der Waals surface area contributed by atoms with Crippen LogP contribution in [0.1, 0.15) is 56.4 Å². The Labute approximate surface area is 193 Å². The molecule has 0 saturated carbocycles. The van der Waals surface area contributed by atoms with Gasteiger partial charge < -0.3 is 10.5 Å². The van der Waals surface area contributed by atoms with Crippen molar-refractivity contribution in [3.8, 4) is 11.3 Å². The van der Waals surface area contributed by atoms with E-state index in [1.807, 2.05) is 23.6 Å². The number of nitrogens with zero attached hydrogens (tertiary/aromatic N) is 1. The first-order valence-corrected chi connectivity index (χ1v) is 12.5. The van der Waals surface area contributed by atoms with Crippen LogP contribution in [0.25, 0.3) is 22.0 Å². The molecule has 1 aliphatic rings. The number of hydrogen-bond acceptors (Lipinski definition) is 5. The predicted octanol–water partition coefficient (Wildman–Crippen LogP) is 6.09. The van der Waals surface area contributed by atoms with Crippen LogP contribution in [0.5, 0.6) is 0 Å². The quantitative estimate of drug-likeness (QED) is 0.425. The lowest BCUT2D eigenvalue weighted by atomic mass is 9.85. The number of carbonyl (C=O) groups is 1. The van der Waals surface area contributed by atoms with Crippen molar-refractivity contribution in [3.05, 3.63) is 52.6 Å². The lowest BCUT2D eigenvalue weighted by molar-refractivity contribution is -0.122. The monoisotopic (exact) mass is 454 g/mol. The lowest BCUT2D eigenvalue weighted by Gasteiger charge is -2.27. The number of rotatable bonds is 9. The second-order valence-electron chi connectivity index (χ2n) is 8.70. The van der Waals surface area contributed by atoms with E-state index < -0.39 is 6.04 Å². The van der Waals surface area contributed by atoms with Gasteiger partial charge in [0.2, 0.25) is 0 Å². The van der Waals surface area contributed by atoms with Gasteiger partial charge in [0, 0.05) is 41.9 Å². The Bertz CT molecular complexity index is 1060. The van der Waals surface area contributed by atoms with Crippen molar-refractivity contribution in [2.75, 3.05) is 13.2 Å². The molecule has 1 saturated heterocycles. The molecule has 170 valence electrons. The zero-order valence-electron chi connectivity index (χ0n) is 18.6. The van der Waals surface area contributed by atoms with Crippen LogP contribution >= 0.6 is 11.3 Å². The molecule has 0 spiro atoms. The Morgan fingerprint density at radius 2 is 1.97 bits per heavy atom. The number of benzene rings is 2. The van der Waals surface area contributed by atoms with Crippen LogP contribution in [0, 0.1) is 11.7 Å². The summed E-state index contributed by atoms with van der Waals surface area (Å²) < 4.78 is 19.7. The highest BCUT2D eigenvalue weighted by Crippen LogP contribution is 2.35. The van der Waals surface area contributed by atoms with Gasteiger partial charge in [-0.15, -0.1) is 11.3 Å². The van der Waals surface area contributed by atoms with E-state index >= 15 is 0 Å². The van der Waals surface area contributed by atoms with Gasteiger partial charge in [-0.3, -0.25) is 4.79 Å². The minimum absolute atomic E-state index is 0.0683. The Kier molecular flexibility index (Phi) is 7.66. The molecule has 4 rings (SSSR count). The average Bonchev–Trinajstić information content (AvgIpc) is 3.32. The maximum Gasteiger partial charge on any atom is 0.150 e. The number of aromatic nitrogens is 1. The molecule has 0 aliphatic carbocycles. The summed E-state index contributed by atoms with van der Waals surface area (Å²) in [5.74, 6) is 0.176. The molecule has 2 heterocycles. The smallest absolute Gasteiger partial charge is 0.150 e. The van der Waals surface area contributed by atoms with Crippen LogP contribution in [0.15, 0.2) is 41.8 Å². The standard InChI is InChI=1S/C26H31FN2O2S/c1-2-3-6-18(15-24(30)25(28)17-11-13-31-14-12-17)26-29-23(16-32-26)21-9-10-22(27)20-8-5-4-7-19(20)21/h4-5,7-10,16-18,25H,2-3,6,11-15,28H2,1H3/t18-,25+/m1/s1. The number of halogens is 1. The molecule has 1 aromatic heterocycles. The van der Waals surface area contributed by atoms with Crippen LogP contribution in [-0.4, -0.2) is 30.0 Å². The number of fused-ring (bicyclic) bond motifs is 1. The SMILES string of the molecule is CCCC[C@H](CC(=O)[C@@H](N)C1CCOCC1)c1nc(-c2ccc(F)c3ccccc23)cs1. The van der Waals surface area contributed by atoms with Gasteiger partial charge in [0.1, 0.15) is 5.82 Å². The predicted molar refractivity (Wildman–Crippen MR) is 128 cm³/mol. The van der Waals surface area contributed by atoms with E-state index in [4.69, 9.17) is 15.5 Å². The largest absolute Gasteiger partial charge is 0.381 e. The Morgan fingerprint density at radius 3 is 2.72 bits per heavy atom. The van der Waals surface area contributed by atoms with E-state index in [0.29, 0.717) is 25.0 Å². The highest BCUT2D eigenvalue weighted by Gasteiger charge is 2.29. The molecule has 1 aliphatic heterocycles. The van der Waals surface area contributed by atoms with Gasteiger partial charge in [-0.2, -0.15) is 0 Å². The molecule has 0 bridgehead atoms. The summed E-state index contributed by atoms with van der Waals surface area (Å²) in [5.41, 5.74) is 8.12. The summed E-state index contributed by atoms with van der Waals surface area (Å²) in [4.78, 5) is 18.0. The fourth-order valence-electron chi connectivity index (χ4n) is 4.56.